The zero-order valence-corrected chi connectivity index (χ0v) is 16.0. The van der Waals surface area contributed by atoms with Crippen molar-refractivity contribution < 1.29 is 14.3 Å². The summed E-state index contributed by atoms with van der Waals surface area (Å²) in [5.74, 6) is -0.331. The van der Waals surface area contributed by atoms with Gasteiger partial charge in [-0.2, -0.15) is 0 Å². The first-order valence-corrected chi connectivity index (χ1v) is 8.94. The van der Waals surface area contributed by atoms with Gasteiger partial charge in [0.05, 0.1) is 18.3 Å². The molecule has 0 atom stereocenters. The number of methoxy groups -OCH3 is 1. The van der Waals surface area contributed by atoms with Crippen LogP contribution < -0.4 is 4.90 Å². The SMILES string of the molecule is COC(=O)C1=C(C)N(c2ccc(C(C)C)cc2)C(=O)/C1=C\c1ccccc1. The predicted molar refractivity (Wildman–Crippen MR) is 107 cm³/mol. The van der Waals surface area contributed by atoms with Crippen LogP contribution in [0.25, 0.3) is 6.08 Å². The molecule has 0 aliphatic carbocycles. The van der Waals surface area contributed by atoms with Crippen molar-refractivity contribution in [3.05, 3.63) is 82.6 Å². The first-order valence-electron chi connectivity index (χ1n) is 8.94. The lowest BCUT2D eigenvalue weighted by Gasteiger charge is -2.19. The molecule has 2 aromatic carbocycles. The Morgan fingerprint density at radius 2 is 1.67 bits per heavy atom. The number of allylic oxidation sites excluding steroid dienone is 1. The first kappa shape index (κ1) is 18.6. The number of hydrogen-bond acceptors (Lipinski definition) is 3. The molecule has 1 amide bonds. The van der Waals surface area contributed by atoms with Crippen molar-refractivity contribution in [1.82, 2.24) is 0 Å². The van der Waals surface area contributed by atoms with Crippen LogP contribution in [0.2, 0.25) is 0 Å². The molecule has 2 aromatic rings. The van der Waals surface area contributed by atoms with Crippen molar-refractivity contribution in [2.45, 2.75) is 26.7 Å². The lowest BCUT2D eigenvalue weighted by molar-refractivity contribution is -0.136. The molecule has 0 fully saturated rings. The third-order valence-electron chi connectivity index (χ3n) is 4.72. The molecule has 1 aliphatic heterocycles. The van der Waals surface area contributed by atoms with E-state index in [0.29, 0.717) is 22.8 Å². The van der Waals surface area contributed by atoms with E-state index >= 15 is 0 Å². The van der Waals surface area contributed by atoms with Gasteiger partial charge in [0.15, 0.2) is 0 Å². The molecule has 4 nitrogen and oxygen atoms in total. The largest absolute Gasteiger partial charge is 0.465 e. The van der Waals surface area contributed by atoms with Gasteiger partial charge in [-0.05, 0) is 42.2 Å². The first-order chi connectivity index (χ1) is 12.9. The standard InChI is InChI=1S/C23H23NO3/c1-15(2)18-10-12-19(13-11-18)24-16(3)21(23(26)27-4)20(22(24)25)14-17-8-6-5-7-9-17/h5-15H,1-4H3/b20-14-. The van der Waals surface area contributed by atoms with Crippen LogP contribution in [0.5, 0.6) is 0 Å². The Bertz CT molecular complexity index is 922. The van der Waals surface area contributed by atoms with Gasteiger partial charge in [0.25, 0.3) is 5.91 Å². The van der Waals surface area contributed by atoms with Crippen molar-refractivity contribution in [1.29, 1.82) is 0 Å². The van der Waals surface area contributed by atoms with Gasteiger partial charge in [0.2, 0.25) is 0 Å². The van der Waals surface area contributed by atoms with E-state index in [1.54, 1.807) is 17.9 Å². The molecule has 0 aromatic heterocycles. The van der Waals surface area contributed by atoms with Crippen molar-refractivity contribution >= 4 is 23.6 Å². The minimum atomic E-state index is -0.510. The molecule has 0 saturated heterocycles. The van der Waals surface area contributed by atoms with Gasteiger partial charge in [0, 0.05) is 11.4 Å². The summed E-state index contributed by atoms with van der Waals surface area (Å²) >= 11 is 0. The third kappa shape index (κ3) is 3.56. The quantitative estimate of drug-likeness (QED) is 0.586. The highest BCUT2D eigenvalue weighted by Crippen LogP contribution is 2.35. The van der Waals surface area contributed by atoms with Crippen molar-refractivity contribution in [2.75, 3.05) is 12.0 Å². The minimum Gasteiger partial charge on any atom is -0.465 e. The molecular weight excluding hydrogens is 338 g/mol. The number of ether oxygens (including phenoxy) is 1. The van der Waals surface area contributed by atoms with Crippen LogP contribution in [0.3, 0.4) is 0 Å². The van der Waals surface area contributed by atoms with E-state index in [2.05, 4.69) is 13.8 Å². The summed E-state index contributed by atoms with van der Waals surface area (Å²) < 4.78 is 4.94. The maximum absolute atomic E-state index is 13.2. The van der Waals surface area contributed by atoms with Crippen LogP contribution in [0.15, 0.2) is 71.4 Å². The highest BCUT2D eigenvalue weighted by Gasteiger charge is 2.37. The fraction of sp³-hybridized carbons (Fsp3) is 0.217. The maximum atomic E-state index is 13.2. The van der Waals surface area contributed by atoms with E-state index in [4.69, 9.17) is 4.74 Å². The molecule has 3 rings (SSSR count). The zero-order chi connectivity index (χ0) is 19.6. The maximum Gasteiger partial charge on any atom is 0.340 e. The second-order valence-corrected chi connectivity index (χ2v) is 6.81. The lowest BCUT2D eigenvalue weighted by atomic mass is 10.0. The van der Waals surface area contributed by atoms with Crippen LogP contribution in [0.1, 0.15) is 37.8 Å². The van der Waals surface area contributed by atoms with E-state index in [0.717, 1.165) is 11.3 Å². The summed E-state index contributed by atoms with van der Waals surface area (Å²) in [4.78, 5) is 27.1. The summed E-state index contributed by atoms with van der Waals surface area (Å²) in [5.41, 5.74) is 4.01. The molecule has 0 bridgehead atoms. The van der Waals surface area contributed by atoms with E-state index in [1.807, 2.05) is 54.6 Å². The molecular formula is C23H23NO3. The highest BCUT2D eigenvalue weighted by molar-refractivity contribution is 6.23. The van der Waals surface area contributed by atoms with E-state index in [-0.39, 0.29) is 5.91 Å². The molecule has 27 heavy (non-hydrogen) atoms. The molecule has 1 heterocycles. The average Bonchev–Trinajstić information content (AvgIpc) is 2.92. The zero-order valence-electron chi connectivity index (χ0n) is 16.0. The van der Waals surface area contributed by atoms with Gasteiger partial charge in [-0.3, -0.25) is 9.69 Å². The summed E-state index contributed by atoms with van der Waals surface area (Å²) in [6.07, 6.45) is 1.74. The lowest BCUT2D eigenvalue weighted by Crippen LogP contribution is -2.24. The number of esters is 1. The van der Waals surface area contributed by atoms with Gasteiger partial charge in [-0.25, -0.2) is 4.79 Å². The Labute approximate surface area is 159 Å². The van der Waals surface area contributed by atoms with Gasteiger partial charge in [0.1, 0.15) is 0 Å². The number of carbonyl (C=O) groups is 2. The Kier molecular flexibility index (Phi) is 5.26. The second-order valence-electron chi connectivity index (χ2n) is 6.81. The van der Waals surface area contributed by atoms with E-state index in [1.165, 1.54) is 12.7 Å². The fourth-order valence-electron chi connectivity index (χ4n) is 3.22. The summed E-state index contributed by atoms with van der Waals surface area (Å²) in [6, 6.07) is 17.3. The summed E-state index contributed by atoms with van der Waals surface area (Å²) in [5, 5.41) is 0. The van der Waals surface area contributed by atoms with Crippen LogP contribution in [-0.2, 0) is 14.3 Å². The second kappa shape index (κ2) is 7.62. The van der Waals surface area contributed by atoms with Crippen molar-refractivity contribution in [3.63, 3.8) is 0 Å². The fourth-order valence-corrected chi connectivity index (χ4v) is 3.22. The van der Waals surface area contributed by atoms with E-state index in [9.17, 15) is 9.59 Å². The summed E-state index contributed by atoms with van der Waals surface area (Å²) in [6.45, 7) is 6.01. The number of benzene rings is 2. The minimum absolute atomic E-state index is 0.228. The topological polar surface area (TPSA) is 46.6 Å². The van der Waals surface area contributed by atoms with Gasteiger partial charge >= 0.3 is 5.97 Å². The molecule has 4 heteroatoms. The van der Waals surface area contributed by atoms with Gasteiger partial charge in [-0.1, -0.05) is 56.3 Å². The molecule has 0 spiro atoms. The number of hydrogen-bond donors (Lipinski definition) is 0. The third-order valence-corrected chi connectivity index (χ3v) is 4.72. The van der Waals surface area contributed by atoms with Crippen LogP contribution >= 0.6 is 0 Å². The smallest absolute Gasteiger partial charge is 0.340 e. The number of nitrogens with zero attached hydrogens (tertiary/aromatic N) is 1. The Balaban J connectivity index is 2.08. The number of amides is 1. The van der Waals surface area contributed by atoms with Crippen molar-refractivity contribution in [3.8, 4) is 0 Å². The Morgan fingerprint density at radius 1 is 1.04 bits per heavy atom. The number of carbonyl (C=O) groups excluding carboxylic acids is 2. The molecule has 138 valence electrons. The molecule has 0 N–H and O–H groups in total. The van der Waals surface area contributed by atoms with Gasteiger partial charge < -0.3 is 4.74 Å². The number of rotatable bonds is 4. The molecule has 1 aliphatic rings. The van der Waals surface area contributed by atoms with Crippen LogP contribution in [0, 0.1) is 0 Å². The molecule has 0 saturated carbocycles. The molecule has 0 unspecified atom stereocenters. The highest BCUT2D eigenvalue weighted by atomic mass is 16.5. The van der Waals surface area contributed by atoms with E-state index < -0.39 is 5.97 Å². The number of anilines is 1. The monoisotopic (exact) mass is 361 g/mol. The van der Waals surface area contributed by atoms with Crippen LogP contribution in [-0.4, -0.2) is 19.0 Å². The normalized spacial score (nSPS) is 15.8. The Hall–Kier alpha value is -3.14. The summed E-state index contributed by atoms with van der Waals surface area (Å²) in [7, 11) is 1.33. The van der Waals surface area contributed by atoms with Crippen LogP contribution in [0.4, 0.5) is 5.69 Å². The predicted octanol–water partition coefficient (Wildman–Crippen LogP) is 4.69. The molecule has 0 radical (unpaired) electrons. The average molecular weight is 361 g/mol. The van der Waals surface area contributed by atoms with Crippen molar-refractivity contribution in [2.24, 2.45) is 0 Å². The Morgan fingerprint density at radius 3 is 2.22 bits per heavy atom. The van der Waals surface area contributed by atoms with Gasteiger partial charge in [-0.15, -0.1) is 0 Å².